The summed E-state index contributed by atoms with van der Waals surface area (Å²) in [6.45, 7) is 1.56. The minimum atomic E-state index is 0.0191. The third-order valence-corrected chi connectivity index (χ3v) is 1.98. The topological polar surface area (TPSA) is 46.9 Å². The average molecular weight is 216 g/mol. The molecule has 0 spiro atoms. The summed E-state index contributed by atoms with van der Waals surface area (Å²) in [6.07, 6.45) is 6.71. The van der Waals surface area contributed by atoms with Gasteiger partial charge in [0.25, 0.3) is 0 Å². The van der Waals surface area contributed by atoms with Crippen molar-refractivity contribution >= 4 is 17.5 Å². The van der Waals surface area contributed by atoms with E-state index in [4.69, 9.17) is 11.6 Å². The monoisotopic (exact) mass is 215 g/mol. The van der Waals surface area contributed by atoms with Crippen LogP contribution in [0.15, 0.2) is 18.7 Å². The molecule has 5 heteroatoms. The summed E-state index contributed by atoms with van der Waals surface area (Å²) < 4.78 is 1.98. The van der Waals surface area contributed by atoms with Crippen molar-refractivity contribution in [2.24, 2.45) is 0 Å². The maximum absolute atomic E-state index is 11.0. The first kappa shape index (κ1) is 11.0. The second kappa shape index (κ2) is 6.43. The minimum Gasteiger partial charge on any atom is -0.356 e. The van der Waals surface area contributed by atoms with Gasteiger partial charge >= 0.3 is 0 Å². The lowest BCUT2D eigenvalue weighted by Crippen LogP contribution is -2.25. The van der Waals surface area contributed by atoms with Gasteiger partial charge in [-0.15, -0.1) is 11.6 Å². The van der Waals surface area contributed by atoms with Crippen LogP contribution in [0.4, 0.5) is 0 Å². The van der Waals surface area contributed by atoms with Crippen LogP contribution in [0.25, 0.3) is 0 Å². The van der Waals surface area contributed by atoms with Gasteiger partial charge in [-0.1, -0.05) is 0 Å². The summed E-state index contributed by atoms with van der Waals surface area (Å²) in [7, 11) is 0. The number of rotatable bonds is 6. The van der Waals surface area contributed by atoms with Crippen LogP contribution in [0.3, 0.4) is 0 Å². The smallest absolute Gasteiger partial charge is 0.221 e. The van der Waals surface area contributed by atoms with Gasteiger partial charge in [-0.25, -0.2) is 4.98 Å². The SMILES string of the molecule is O=C(CCCl)NCCCn1ccnc1. The van der Waals surface area contributed by atoms with E-state index in [0.717, 1.165) is 13.0 Å². The van der Waals surface area contributed by atoms with Crippen LogP contribution < -0.4 is 5.32 Å². The number of carbonyl (C=O) groups is 1. The van der Waals surface area contributed by atoms with Crippen LogP contribution in [0.5, 0.6) is 0 Å². The van der Waals surface area contributed by atoms with Crippen molar-refractivity contribution in [3.05, 3.63) is 18.7 Å². The summed E-state index contributed by atoms with van der Waals surface area (Å²) >= 11 is 5.42. The first-order valence-corrected chi connectivity index (χ1v) is 5.15. The predicted octanol–water partition coefficient (Wildman–Crippen LogP) is 1.02. The van der Waals surface area contributed by atoms with Gasteiger partial charge in [0.1, 0.15) is 0 Å². The fourth-order valence-corrected chi connectivity index (χ4v) is 1.25. The third-order valence-electron chi connectivity index (χ3n) is 1.80. The van der Waals surface area contributed by atoms with E-state index >= 15 is 0 Å². The van der Waals surface area contributed by atoms with Gasteiger partial charge in [0.05, 0.1) is 6.33 Å². The second-order valence-electron chi connectivity index (χ2n) is 2.94. The fourth-order valence-electron chi connectivity index (χ4n) is 1.08. The Labute approximate surface area is 88.3 Å². The molecule has 1 heterocycles. The van der Waals surface area contributed by atoms with Crippen molar-refractivity contribution < 1.29 is 4.79 Å². The highest BCUT2D eigenvalue weighted by atomic mass is 35.5. The molecule has 0 aromatic carbocycles. The Morgan fingerprint density at radius 1 is 1.57 bits per heavy atom. The molecule has 14 heavy (non-hydrogen) atoms. The summed E-state index contributed by atoms with van der Waals surface area (Å²) in [6, 6.07) is 0. The van der Waals surface area contributed by atoms with Crippen molar-refractivity contribution in [2.45, 2.75) is 19.4 Å². The largest absolute Gasteiger partial charge is 0.356 e. The van der Waals surface area contributed by atoms with Gasteiger partial charge in [0.15, 0.2) is 0 Å². The highest BCUT2D eigenvalue weighted by Crippen LogP contribution is 1.90. The number of aryl methyl sites for hydroxylation is 1. The summed E-state index contributed by atoms with van der Waals surface area (Å²) in [4.78, 5) is 14.9. The number of hydrogen-bond donors (Lipinski definition) is 1. The van der Waals surface area contributed by atoms with E-state index in [1.807, 2.05) is 10.8 Å². The molecule has 0 unspecified atom stereocenters. The summed E-state index contributed by atoms with van der Waals surface area (Å²) in [5, 5.41) is 2.79. The van der Waals surface area contributed by atoms with Gasteiger partial charge in [-0.2, -0.15) is 0 Å². The maximum Gasteiger partial charge on any atom is 0.221 e. The number of halogens is 1. The van der Waals surface area contributed by atoms with Crippen molar-refractivity contribution in [1.29, 1.82) is 0 Å². The van der Waals surface area contributed by atoms with E-state index in [9.17, 15) is 4.79 Å². The van der Waals surface area contributed by atoms with Gasteiger partial charge in [-0.05, 0) is 6.42 Å². The third kappa shape index (κ3) is 4.28. The Kier molecular flexibility index (Phi) is 5.07. The Morgan fingerprint density at radius 3 is 3.07 bits per heavy atom. The normalized spacial score (nSPS) is 10.1. The van der Waals surface area contributed by atoms with Gasteiger partial charge < -0.3 is 9.88 Å². The predicted molar refractivity (Wildman–Crippen MR) is 55.2 cm³/mol. The number of nitrogens with one attached hydrogen (secondary N) is 1. The molecule has 1 N–H and O–H groups in total. The molecule has 1 amide bonds. The summed E-state index contributed by atoms with van der Waals surface area (Å²) in [5.41, 5.74) is 0. The molecule has 0 aliphatic heterocycles. The van der Waals surface area contributed by atoms with E-state index in [-0.39, 0.29) is 5.91 Å². The molecule has 0 aliphatic rings. The van der Waals surface area contributed by atoms with Gasteiger partial charge in [0, 0.05) is 37.8 Å². The van der Waals surface area contributed by atoms with E-state index in [2.05, 4.69) is 10.3 Å². The number of hydrogen-bond acceptors (Lipinski definition) is 2. The second-order valence-corrected chi connectivity index (χ2v) is 3.32. The van der Waals surface area contributed by atoms with Crippen LogP contribution in [0.2, 0.25) is 0 Å². The molecule has 1 aromatic heterocycles. The number of nitrogens with zero attached hydrogens (tertiary/aromatic N) is 2. The molecule has 0 aliphatic carbocycles. The zero-order valence-electron chi connectivity index (χ0n) is 7.95. The van der Waals surface area contributed by atoms with Gasteiger partial charge in [-0.3, -0.25) is 4.79 Å². The van der Waals surface area contributed by atoms with E-state index in [1.54, 1.807) is 12.5 Å². The highest BCUT2D eigenvalue weighted by Gasteiger charge is 1.97. The Morgan fingerprint density at radius 2 is 2.43 bits per heavy atom. The summed E-state index contributed by atoms with van der Waals surface area (Å²) in [5.74, 6) is 0.401. The molecule has 78 valence electrons. The van der Waals surface area contributed by atoms with E-state index in [1.165, 1.54) is 0 Å². The lowest BCUT2D eigenvalue weighted by molar-refractivity contribution is -0.120. The molecule has 0 bridgehead atoms. The van der Waals surface area contributed by atoms with Gasteiger partial charge in [0.2, 0.25) is 5.91 Å². The van der Waals surface area contributed by atoms with Crippen LogP contribution in [0, 0.1) is 0 Å². The number of amides is 1. The maximum atomic E-state index is 11.0. The highest BCUT2D eigenvalue weighted by molar-refractivity contribution is 6.18. The quantitative estimate of drug-likeness (QED) is 0.569. The van der Waals surface area contributed by atoms with Crippen molar-refractivity contribution in [1.82, 2.24) is 14.9 Å². The standard InChI is InChI=1S/C9H14ClN3O/c10-3-2-9(14)12-4-1-6-13-7-5-11-8-13/h5,7-8H,1-4,6H2,(H,12,14). The molecule has 0 saturated heterocycles. The van der Waals surface area contributed by atoms with Crippen LogP contribution in [-0.4, -0.2) is 27.9 Å². The molecule has 0 radical (unpaired) electrons. The molecule has 0 atom stereocenters. The first-order valence-electron chi connectivity index (χ1n) is 4.61. The number of alkyl halides is 1. The first-order chi connectivity index (χ1) is 6.83. The van der Waals surface area contributed by atoms with E-state index in [0.29, 0.717) is 18.8 Å². The molecule has 0 saturated carbocycles. The molecular weight excluding hydrogens is 202 g/mol. The number of imidazole rings is 1. The average Bonchev–Trinajstić information content (AvgIpc) is 2.65. The molecule has 1 aromatic rings. The lowest BCUT2D eigenvalue weighted by atomic mass is 10.4. The van der Waals surface area contributed by atoms with Crippen molar-refractivity contribution in [2.75, 3.05) is 12.4 Å². The lowest BCUT2D eigenvalue weighted by Gasteiger charge is -2.04. The Hall–Kier alpha value is -1.03. The number of aromatic nitrogens is 2. The van der Waals surface area contributed by atoms with Crippen molar-refractivity contribution in [3.8, 4) is 0 Å². The van der Waals surface area contributed by atoms with Crippen LogP contribution in [-0.2, 0) is 11.3 Å². The zero-order valence-corrected chi connectivity index (χ0v) is 8.70. The zero-order chi connectivity index (χ0) is 10.2. The fraction of sp³-hybridized carbons (Fsp3) is 0.556. The molecule has 1 rings (SSSR count). The molecule has 4 nitrogen and oxygen atoms in total. The van der Waals surface area contributed by atoms with Crippen LogP contribution in [0.1, 0.15) is 12.8 Å². The number of carbonyl (C=O) groups excluding carboxylic acids is 1. The molecular formula is C9H14ClN3O. The molecule has 0 fully saturated rings. The Balaban J connectivity index is 2.02. The minimum absolute atomic E-state index is 0.0191. The Bertz CT molecular complexity index is 261. The van der Waals surface area contributed by atoms with Crippen molar-refractivity contribution in [3.63, 3.8) is 0 Å². The van der Waals surface area contributed by atoms with E-state index < -0.39 is 0 Å². The van der Waals surface area contributed by atoms with Crippen LogP contribution >= 0.6 is 11.6 Å².